The molecule has 5 heteroatoms. The quantitative estimate of drug-likeness (QED) is 0.691. The summed E-state index contributed by atoms with van der Waals surface area (Å²) >= 11 is 0. The predicted octanol–water partition coefficient (Wildman–Crippen LogP) is 4.66. The molecule has 25 heavy (non-hydrogen) atoms. The number of hydrogen-bond acceptors (Lipinski definition) is 3. The summed E-state index contributed by atoms with van der Waals surface area (Å²) in [6.07, 6.45) is 0.411. The van der Waals surface area contributed by atoms with Crippen LogP contribution in [-0.4, -0.2) is 40.0 Å². The standard InChI is InChI=1S/C20H33BO3Si/c1-8-20(5)17(22-14-15-12-10-9-11-13-15)16(18(21)23-20)24-25(6,7)19(2,3)4/h9-13,16-18H,8,14H2,1-7H3/t16-,17?,18+,20+/m0/s1. The van der Waals surface area contributed by atoms with Gasteiger partial charge in [-0.15, -0.1) is 0 Å². The summed E-state index contributed by atoms with van der Waals surface area (Å²) in [7, 11) is 4.36. The zero-order valence-corrected chi connectivity index (χ0v) is 17.8. The normalized spacial score (nSPS) is 30.6. The number of ether oxygens (including phenoxy) is 2. The van der Waals surface area contributed by atoms with Crippen LogP contribution in [-0.2, 0) is 20.5 Å². The van der Waals surface area contributed by atoms with Crippen molar-refractivity contribution in [3.63, 3.8) is 0 Å². The van der Waals surface area contributed by atoms with Crippen molar-refractivity contribution in [2.45, 2.75) is 89.6 Å². The monoisotopic (exact) mass is 360 g/mol. The van der Waals surface area contributed by atoms with E-state index >= 15 is 0 Å². The van der Waals surface area contributed by atoms with Crippen LogP contribution in [0.15, 0.2) is 30.3 Å². The minimum atomic E-state index is -1.98. The van der Waals surface area contributed by atoms with E-state index in [1.54, 1.807) is 0 Å². The van der Waals surface area contributed by atoms with E-state index in [-0.39, 0.29) is 17.2 Å². The Labute approximate surface area is 156 Å². The zero-order valence-electron chi connectivity index (χ0n) is 16.8. The molecule has 2 rings (SSSR count). The van der Waals surface area contributed by atoms with Crippen LogP contribution in [0.2, 0.25) is 18.1 Å². The molecule has 1 saturated heterocycles. The summed E-state index contributed by atoms with van der Waals surface area (Å²) in [6.45, 7) is 15.9. The average molecular weight is 360 g/mol. The van der Waals surface area contributed by atoms with E-state index in [4.69, 9.17) is 21.7 Å². The van der Waals surface area contributed by atoms with Crippen molar-refractivity contribution in [2.24, 2.45) is 0 Å². The average Bonchev–Trinajstić information content (AvgIpc) is 2.76. The third kappa shape index (κ3) is 4.57. The van der Waals surface area contributed by atoms with Crippen LogP contribution in [0.4, 0.5) is 0 Å². The second kappa shape index (κ2) is 7.55. The lowest BCUT2D eigenvalue weighted by Gasteiger charge is -2.41. The first-order valence-electron chi connectivity index (χ1n) is 9.27. The van der Waals surface area contributed by atoms with Crippen LogP contribution in [0.5, 0.6) is 0 Å². The lowest BCUT2D eigenvalue weighted by Crippen LogP contribution is -2.51. The predicted molar refractivity (Wildman–Crippen MR) is 106 cm³/mol. The van der Waals surface area contributed by atoms with Gasteiger partial charge in [-0.1, -0.05) is 58.0 Å². The third-order valence-electron chi connectivity index (χ3n) is 5.84. The van der Waals surface area contributed by atoms with Gasteiger partial charge < -0.3 is 13.9 Å². The van der Waals surface area contributed by atoms with Gasteiger partial charge in [-0.3, -0.25) is 0 Å². The molecule has 0 bridgehead atoms. The van der Waals surface area contributed by atoms with E-state index in [1.807, 2.05) is 18.2 Å². The minimum absolute atomic E-state index is 0.113. The molecule has 1 heterocycles. The van der Waals surface area contributed by atoms with Crippen molar-refractivity contribution in [3.05, 3.63) is 35.9 Å². The molecule has 1 aliphatic heterocycles. The van der Waals surface area contributed by atoms with Crippen molar-refractivity contribution < 1.29 is 13.9 Å². The van der Waals surface area contributed by atoms with Gasteiger partial charge in [-0.2, -0.15) is 0 Å². The van der Waals surface area contributed by atoms with Gasteiger partial charge in [-0.05, 0) is 37.0 Å². The second-order valence-corrected chi connectivity index (χ2v) is 13.6. The molecule has 1 aromatic rings. The van der Waals surface area contributed by atoms with Crippen molar-refractivity contribution in [1.29, 1.82) is 0 Å². The van der Waals surface area contributed by atoms with Gasteiger partial charge >= 0.3 is 0 Å². The number of hydrogen-bond donors (Lipinski definition) is 0. The summed E-state index contributed by atoms with van der Waals surface area (Å²) in [4.78, 5) is 0. The lowest BCUT2D eigenvalue weighted by atomic mass is 9.89. The van der Waals surface area contributed by atoms with Crippen molar-refractivity contribution in [3.8, 4) is 0 Å². The van der Waals surface area contributed by atoms with Gasteiger partial charge in [0.2, 0.25) is 0 Å². The van der Waals surface area contributed by atoms with Crippen LogP contribution in [0.1, 0.15) is 46.6 Å². The molecule has 0 aromatic heterocycles. The molecule has 1 aromatic carbocycles. The smallest absolute Gasteiger partial charge is 0.192 e. The molecule has 1 aliphatic rings. The molecule has 0 N–H and O–H groups in total. The highest BCUT2D eigenvalue weighted by atomic mass is 28.4. The fraction of sp³-hybridized carbons (Fsp3) is 0.700. The van der Waals surface area contributed by atoms with Gasteiger partial charge in [0, 0.05) is 6.00 Å². The molecular weight excluding hydrogens is 327 g/mol. The first kappa shape index (κ1) is 20.7. The first-order valence-corrected chi connectivity index (χ1v) is 12.2. The highest BCUT2D eigenvalue weighted by Crippen LogP contribution is 2.43. The van der Waals surface area contributed by atoms with E-state index in [1.165, 1.54) is 0 Å². The molecule has 0 aliphatic carbocycles. The van der Waals surface area contributed by atoms with E-state index < -0.39 is 19.9 Å². The van der Waals surface area contributed by atoms with Crippen LogP contribution in [0, 0.1) is 0 Å². The molecular formula is C20H33BO3Si. The van der Waals surface area contributed by atoms with Gasteiger partial charge in [0.05, 0.1) is 18.3 Å². The molecule has 2 radical (unpaired) electrons. The molecule has 0 saturated carbocycles. The van der Waals surface area contributed by atoms with Gasteiger partial charge in [0.25, 0.3) is 0 Å². The van der Waals surface area contributed by atoms with Crippen molar-refractivity contribution >= 4 is 16.2 Å². The Morgan fingerprint density at radius 1 is 1.20 bits per heavy atom. The second-order valence-electron chi connectivity index (χ2n) is 8.81. The Kier molecular flexibility index (Phi) is 6.25. The SMILES string of the molecule is [B][C@@H]1O[C@](C)(CC)C(OCc2ccccc2)[C@@H]1O[Si](C)(C)C(C)(C)C. The number of benzene rings is 1. The maximum atomic E-state index is 6.64. The number of rotatable bonds is 6. The third-order valence-corrected chi connectivity index (χ3v) is 10.3. The van der Waals surface area contributed by atoms with Gasteiger partial charge in [0.1, 0.15) is 14.0 Å². The van der Waals surface area contributed by atoms with Crippen LogP contribution >= 0.6 is 0 Å². The van der Waals surface area contributed by atoms with Gasteiger partial charge in [0.15, 0.2) is 8.32 Å². The molecule has 3 nitrogen and oxygen atoms in total. The highest BCUT2D eigenvalue weighted by molar-refractivity contribution is 6.74. The van der Waals surface area contributed by atoms with Crippen LogP contribution in [0.3, 0.4) is 0 Å². The topological polar surface area (TPSA) is 27.7 Å². The van der Waals surface area contributed by atoms with Crippen LogP contribution in [0.25, 0.3) is 0 Å². The maximum Gasteiger partial charge on any atom is 0.192 e. The molecule has 1 unspecified atom stereocenters. The lowest BCUT2D eigenvalue weighted by molar-refractivity contribution is -0.0964. The molecule has 138 valence electrons. The molecule has 0 spiro atoms. The summed E-state index contributed by atoms with van der Waals surface area (Å²) in [6, 6.07) is 9.75. The van der Waals surface area contributed by atoms with Crippen LogP contribution < -0.4 is 0 Å². The van der Waals surface area contributed by atoms with E-state index in [9.17, 15) is 0 Å². The summed E-state index contributed by atoms with van der Waals surface area (Å²) in [5.41, 5.74) is 0.716. The van der Waals surface area contributed by atoms with Gasteiger partial charge in [-0.25, -0.2) is 0 Å². The van der Waals surface area contributed by atoms with E-state index in [0.29, 0.717) is 6.61 Å². The van der Waals surface area contributed by atoms with Crippen molar-refractivity contribution in [2.75, 3.05) is 0 Å². The Bertz CT molecular complexity index is 558. The molecule has 0 amide bonds. The summed E-state index contributed by atoms with van der Waals surface area (Å²) in [5, 5.41) is 0.113. The maximum absolute atomic E-state index is 6.64. The summed E-state index contributed by atoms with van der Waals surface area (Å²) < 4.78 is 19.1. The fourth-order valence-electron chi connectivity index (χ4n) is 2.93. The Morgan fingerprint density at radius 2 is 1.80 bits per heavy atom. The Balaban J connectivity index is 2.20. The Morgan fingerprint density at radius 3 is 2.32 bits per heavy atom. The zero-order chi connectivity index (χ0) is 18.9. The fourth-order valence-corrected chi connectivity index (χ4v) is 4.22. The largest absolute Gasteiger partial charge is 0.409 e. The highest BCUT2D eigenvalue weighted by Gasteiger charge is 2.53. The first-order chi connectivity index (χ1) is 11.5. The van der Waals surface area contributed by atoms with E-state index in [2.05, 4.69) is 59.8 Å². The Hall–Kier alpha value is -0.618. The van der Waals surface area contributed by atoms with Crippen molar-refractivity contribution in [1.82, 2.24) is 0 Å². The molecule has 4 atom stereocenters. The minimum Gasteiger partial charge on any atom is -0.409 e. The summed E-state index contributed by atoms with van der Waals surface area (Å²) in [5.74, 6) is 0. The molecule has 1 fully saturated rings. The van der Waals surface area contributed by atoms with E-state index in [0.717, 1.165) is 12.0 Å².